The number of hydrogen-bond acceptors (Lipinski definition) is 3. The van der Waals surface area contributed by atoms with Gasteiger partial charge in [0, 0.05) is 24.1 Å². The number of para-hydroxylation sites is 1. The fraction of sp³-hybridized carbons (Fsp3) is 0.471. The minimum absolute atomic E-state index is 0.653. The van der Waals surface area contributed by atoms with Crippen molar-refractivity contribution in [2.24, 2.45) is 5.92 Å². The number of fused-ring (bicyclic) bond motifs is 1. The molecule has 1 aliphatic carbocycles. The van der Waals surface area contributed by atoms with Crippen LogP contribution >= 0.6 is 0 Å². The van der Waals surface area contributed by atoms with Crippen LogP contribution in [0.5, 0.6) is 0 Å². The molecule has 20 heavy (non-hydrogen) atoms. The molecule has 1 saturated carbocycles. The Balaban J connectivity index is 1.80. The van der Waals surface area contributed by atoms with Crippen LogP contribution in [-0.2, 0) is 11.3 Å². The molecular formula is C17H22N2O. The maximum atomic E-state index is 5.83. The second-order valence-corrected chi connectivity index (χ2v) is 5.57. The van der Waals surface area contributed by atoms with Crippen LogP contribution in [0.25, 0.3) is 10.9 Å². The third kappa shape index (κ3) is 3.28. The lowest BCUT2D eigenvalue weighted by Gasteiger charge is -2.12. The molecule has 106 valence electrons. The summed E-state index contributed by atoms with van der Waals surface area (Å²) in [5.41, 5.74) is 2.20. The molecule has 0 aliphatic heterocycles. The van der Waals surface area contributed by atoms with Gasteiger partial charge in [0.2, 0.25) is 0 Å². The van der Waals surface area contributed by atoms with Crippen LogP contribution < -0.4 is 5.32 Å². The number of nitrogens with one attached hydrogen (secondary N) is 1. The minimum Gasteiger partial charge on any atom is -0.376 e. The Labute approximate surface area is 120 Å². The Morgan fingerprint density at radius 3 is 2.95 bits per heavy atom. The Bertz CT molecular complexity index is 578. The predicted molar refractivity (Wildman–Crippen MR) is 82.9 cm³/mol. The first-order valence-corrected chi connectivity index (χ1v) is 7.57. The van der Waals surface area contributed by atoms with Crippen LogP contribution in [0, 0.1) is 5.92 Å². The highest BCUT2D eigenvalue weighted by Crippen LogP contribution is 2.29. The van der Waals surface area contributed by atoms with E-state index >= 15 is 0 Å². The lowest BCUT2D eigenvalue weighted by molar-refractivity contribution is 0.111. The molecule has 3 nitrogen and oxygen atoms in total. The van der Waals surface area contributed by atoms with Crippen molar-refractivity contribution in [1.29, 1.82) is 0 Å². The standard InChI is InChI=1S/C17H22N2O/c1-2-9-18-17-15(12-20-11-13-7-8-13)10-14-5-3-4-6-16(14)19-17/h3-6,10,13H,2,7-9,11-12H2,1H3,(H,18,19). The highest BCUT2D eigenvalue weighted by atomic mass is 16.5. The molecule has 1 aromatic carbocycles. The Morgan fingerprint density at radius 2 is 2.15 bits per heavy atom. The fourth-order valence-corrected chi connectivity index (χ4v) is 2.29. The SMILES string of the molecule is CCCNc1nc2ccccc2cc1COCC1CC1. The van der Waals surface area contributed by atoms with E-state index in [1.165, 1.54) is 18.2 Å². The number of hydrogen-bond donors (Lipinski definition) is 1. The molecule has 0 spiro atoms. The van der Waals surface area contributed by atoms with E-state index in [0.717, 1.165) is 42.4 Å². The first kappa shape index (κ1) is 13.4. The molecule has 1 aromatic heterocycles. The first-order valence-electron chi connectivity index (χ1n) is 7.57. The first-order chi connectivity index (χ1) is 9.86. The Hall–Kier alpha value is -1.61. The largest absolute Gasteiger partial charge is 0.376 e. The summed E-state index contributed by atoms with van der Waals surface area (Å²) in [7, 11) is 0. The summed E-state index contributed by atoms with van der Waals surface area (Å²) in [5, 5.41) is 4.60. The van der Waals surface area contributed by atoms with Gasteiger partial charge in [-0.3, -0.25) is 0 Å². The zero-order valence-corrected chi connectivity index (χ0v) is 12.1. The summed E-state index contributed by atoms with van der Waals surface area (Å²) in [6.07, 6.45) is 3.75. The van der Waals surface area contributed by atoms with Crippen molar-refractivity contribution in [3.63, 3.8) is 0 Å². The molecule has 1 fully saturated rings. The average molecular weight is 270 g/mol. The van der Waals surface area contributed by atoms with Gasteiger partial charge in [0.1, 0.15) is 5.82 Å². The summed E-state index contributed by atoms with van der Waals surface area (Å²) in [6.45, 7) is 4.65. The summed E-state index contributed by atoms with van der Waals surface area (Å²) in [5.74, 6) is 1.77. The van der Waals surface area contributed by atoms with E-state index in [1.807, 2.05) is 6.07 Å². The maximum absolute atomic E-state index is 5.83. The van der Waals surface area contributed by atoms with Crippen molar-refractivity contribution < 1.29 is 4.74 Å². The number of aromatic nitrogens is 1. The van der Waals surface area contributed by atoms with Crippen LogP contribution in [0.15, 0.2) is 30.3 Å². The van der Waals surface area contributed by atoms with Crippen LogP contribution in [0.4, 0.5) is 5.82 Å². The second-order valence-electron chi connectivity index (χ2n) is 5.57. The number of ether oxygens (including phenoxy) is 1. The lowest BCUT2D eigenvalue weighted by Crippen LogP contribution is -2.07. The molecular weight excluding hydrogens is 248 g/mol. The number of pyridine rings is 1. The van der Waals surface area contributed by atoms with Crippen LogP contribution in [0.3, 0.4) is 0 Å². The number of anilines is 1. The van der Waals surface area contributed by atoms with Gasteiger partial charge < -0.3 is 10.1 Å². The molecule has 1 heterocycles. The molecule has 0 amide bonds. The minimum atomic E-state index is 0.653. The van der Waals surface area contributed by atoms with Crippen molar-refractivity contribution in [3.05, 3.63) is 35.9 Å². The van der Waals surface area contributed by atoms with Gasteiger partial charge in [-0.25, -0.2) is 4.98 Å². The van der Waals surface area contributed by atoms with Crippen LogP contribution in [-0.4, -0.2) is 18.1 Å². The fourth-order valence-electron chi connectivity index (χ4n) is 2.29. The van der Waals surface area contributed by atoms with Crippen molar-refractivity contribution in [2.45, 2.75) is 32.8 Å². The van der Waals surface area contributed by atoms with Crippen molar-refractivity contribution >= 4 is 16.7 Å². The molecule has 0 atom stereocenters. The molecule has 1 N–H and O–H groups in total. The van der Waals surface area contributed by atoms with Crippen molar-refractivity contribution in [3.8, 4) is 0 Å². The monoisotopic (exact) mass is 270 g/mol. The van der Waals surface area contributed by atoms with E-state index in [1.54, 1.807) is 0 Å². The highest BCUT2D eigenvalue weighted by Gasteiger charge is 2.21. The predicted octanol–water partition coefficient (Wildman–Crippen LogP) is 3.98. The molecule has 0 bridgehead atoms. The summed E-state index contributed by atoms with van der Waals surface area (Å²) in [4.78, 5) is 4.73. The third-order valence-electron chi connectivity index (χ3n) is 3.65. The zero-order valence-electron chi connectivity index (χ0n) is 12.1. The van der Waals surface area contributed by atoms with E-state index in [9.17, 15) is 0 Å². The zero-order chi connectivity index (χ0) is 13.8. The van der Waals surface area contributed by atoms with E-state index in [0.29, 0.717) is 6.61 Å². The van der Waals surface area contributed by atoms with Crippen molar-refractivity contribution in [2.75, 3.05) is 18.5 Å². The second kappa shape index (κ2) is 6.23. The molecule has 3 rings (SSSR count). The quantitative estimate of drug-likeness (QED) is 0.826. The molecule has 1 aliphatic rings. The van der Waals surface area contributed by atoms with Gasteiger partial charge >= 0.3 is 0 Å². The lowest BCUT2D eigenvalue weighted by atomic mass is 10.1. The molecule has 0 radical (unpaired) electrons. The molecule has 0 saturated heterocycles. The average Bonchev–Trinajstić information content (AvgIpc) is 3.29. The topological polar surface area (TPSA) is 34.2 Å². The summed E-state index contributed by atoms with van der Waals surface area (Å²) >= 11 is 0. The van der Waals surface area contributed by atoms with Gasteiger partial charge in [-0.05, 0) is 37.3 Å². The number of benzene rings is 1. The maximum Gasteiger partial charge on any atom is 0.132 e. The molecule has 3 heteroatoms. The molecule has 0 unspecified atom stereocenters. The van der Waals surface area contributed by atoms with Gasteiger partial charge in [0.25, 0.3) is 0 Å². The van der Waals surface area contributed by atoms with Gasteiger partial charge in [-0.15, -0.1) is 0 Å². The van der Waals surface area contributed by atoms with E-state index in [-0.39, 0.29) is 0 Å². The van der Waals surface area contributed by atoms with E-state index in [4.69, 9.17) is 9.72 Å². The van der Waals surface area contributed by atoms with E-state index < -0.39 is 0 Å². The van der Waals surface area contributed by atoms with Gasteiger partial charge in [0.15, 0.2) is 0 Å². The highest BCUT2D eigenvalue weighted by molar-refractivity contribution is 5.81. The van der Waals surface area contributed by atoms with Gasteiger partial charge in [0.05, 0.1) is 12.1 Å². The smallest absolute Gasteiger partial charge is 0.132 e. The van der Waals surface area contributed by atoms with Crippen LogP contribution in [0.1, 0.15) is 31.7 Å². The molecule has 2 aromatic rings. The van der Waals surface area contributed by atoms with Gasteiger partial charge in [-0.2, -0.15) is 0 Å². The van der Waals surface area contributed by atoms with Gasteiger partial charge in [-0.1, -0.05) is 25.1 Å². The van der Waals surface area contributed by atoms with E-state index in [2.05, 4.69) is 36.5 Å². The normalized spacial score (nSPS) is 14.7. The Kier molecular flexibility index (Phi) is 4.16. The number of rotatable bonds is 7. The van der Waals surface area contributed by atoms with Crippen LogP contribution in [0.2, 0.25) is 0 Å². The summed E-state index contributed by atoms with van der Waals surface area (Å²) in [6, 6.07) is 10.4. The Morgan fingerprint density at radius 1 is 1.30 bits per heavy atom. The number of nitrogens with zero attached hydrogens (tertiary/aromatic N) is 1. The third-order valence-corrected chi connectivity index (χ3v) is 3.65. The van der Waals surface area contributed by atoms with Crippen molar-refractivity contribution in [1.82, 2.24) is 4.98 Å². The summed E-state index contributed by atoms with van der Waals surface area (Å²) < 4.78 is 5.83.